The van der Waals surface area contributed by atoms with Crippen molar-refractivity contribution >= 4 is 40.5 Å². The Bertz CT molecular complexity index is 1020. The lowest BCUT2D eigenvalue weighted by atomic mass is 10.2. The predicted molar refractivity (Wildman–Crippen MR) is 119 cm³/mol. The van der Waals surface area contributed by atoms with Crippen LogP contribution in [0.2, 0.25) is 0 Å². The van der Waals surface area contributed by atoms with Gasteiger partial charge in [0.25, 0.3) is 5.56 Å². The molecule has 3 aromatic rings. The van der Waals surface area contributed by atoms with Gasteiger partial charge in [-0.2, -0.15) is 0 Å². The Morgan fingerprint density at radius 3 is 2.41 bits per heavy atom. The average molecular weight is 410 g/mol. The summed E-state index contributed by atoms with van der Waals surface area (Å²) in [5.41, 5.74) is 8.05. The van der Waals surface area contributed by atoms with E-state index in [4.69, 9.17) is 5.73 Å². The number of amides is 1. The molecule has 0 saturated heterocycles. The SMILES string of the molecule is CC(C)N(c1ccccc1)c1ccc(NC(=O)CSc2nc(N)cc(=O)[nH]2)cc1. The molecule has 2 aromatic carbocycles. The van der Waals surface area contributed by atoms with Gasteiger partial charge >= 0.3 is 0 Å². The van der Waals surface area contributed by atoms with E-state index < -0.39 is 0 Å². The van der Waals surface area contributed by atoms with Crippen LogP contribution in [0, 0.1) is 0 Å². The maximum absolute atomic E-state index is 12.2. The lowest BCUT2D eigenvalue weighted by molar-refractivity contribution is -0.113. The molecule has 3 rings (SSSR count). The van der Waals surface area contributed by atoms with Crippen LogP contribution in [0.15, 0.2) is 70.6 Å². The topological polar surface area (TPSA) is 104 Å². The summed E-state index contributed by atoms with van der Waals surface area (Å²) in [7, 11) is 0. The summed E-state index contributed by atoms with van der Waals surface area (Å²) in [5.74, 6) is 0.0352. The molecule has 150 valence electrons. The molecule has 0 spiro atoms. The summed E-state index contributed by atoms with van der Waals surface area (Å²) < 4.78 is 0. The Kier molecular flexibility index (Phi) is 6.56. The van der Waals surface area contributed by atoms with E-state index in [-0.39, 0.29) is 29.1 Å². The van der Waals surface area contributed by atoms with E-state index in [1.807, 2.05) is 42.5 Å². The molecule has 7 nitrogen and oxygen atoms in total. The number of nitrogens with two attached hydrogens (primary N) is 1. The first-order valence-electron chi connectivity index (χ1n) is 9.16. The number of nitrogen functional groups attached to an aromatic ring is 1. The molecule has 0 aliphatic rings. The van der Waals surface area contributed by atoms with E-state index in [0.29, 0.717) is 10.8 Å². The number of thioether (sulfide) groups is 1. The number of para-hydroxylation sites is 1. The molecule has 1 aromatic heterocycles. The van der Waals surface area contributed by atoms with Crippen LogP contribution in [-0.4, -0.2) is 27.7 Å². The number of benzene rings is 2. The second-order valence-electron chi connectivity index (χ2n) is 6.66. The Labute approximate surface area is 173 Å². The highest BCUT2D eigenvalue weighted by Crippen LogP contribution is 2.28. The second-order valence-corrected chi connectivity index (χ2v) is 7.62. The maximum Gasteiger partial charge on any atom is 0.253 e. The van der Waals surface area contributed by atoms with E-state index >= 15 is 0 Å². The molecular formula is C21H23N5O2S. The third kappa shape index (κ3) is 5.61. The number of H-pyrrole nitrogens is 1. The highest BCUT2D eigenvalue weighted by molar-refractivity contribution is 7.99. The maximum atomic E-state index is 12.2. The van der Waals surface area contributed by atoms with Crippen molar-refractivity contribution in [1.29, 1.82) is 0 Å². The minimum absolute atomic E-state index is 0.107. The van der Waals surface area contributed by atoms with Crippen molar-refractivity contribution in [3.05, 3.63) is 71.0 Å². The van der Waals surface area contributed by atoms with Gasteiger partial charge in [0.1, 0.15) is 5.82 Å². The normalized spacial score (nSPS) is 10.7. The van der Waals surface area contributed by atoms with Crippen molar-refractivity contribution in [3.8, 4) is 0 Å². The number of aromatic nitrogens is 2. The van der Waals surface area contributed by atoms with E-state index in [2.05, 4.69) is 46.2 Å². The number of nitrogens with zero attached hydrogens (tertiary/aromatic N) is 2. The number of hydrogen-bond acceptors (Lipinski definition) is 6. The third-order valence-electron chi connectivity index (χ3n) is 4.06. The Morgan fingerprint density at radius 2 is 1.79 bits per heavy atom. The molecule has 4 N–H and O–H groups in total. The Balaban J connectivity index is 1.63. The number of aromatic amines is 1. The van der Waals surface area contributed by atoms with E-state index in [1.54, 1.807) is 0 Å². The van der Waals surface area contributed by atoms with Crippen molar-refractivity contribution in [2.45, 2.75) is 25.0 Å². The van der Waals surface area contributed by atoms with Gasteiger partial charge in [-0.25, -0.2) is 4.98 Å². The summed E-state index contributed by atoms with van der Waals surface area (Å²) in [5, 5.41) is 3.16. The van der Waals surface area contributed by atoms with Crippen LogP contribution in [0.1, 0.15) is 13.8 Å². The van der Waals surface area contributed by atoms with Crippen molar-refractivity contribution in [3.63, 3.8) is 0 Å². The smallest absolute Gasteiger partial charge is 0.253 e. The predicted octanol–water partition coefficient (Wildman–Crippen LogP) is 3.63. The zero-order valence-corrected chi connectivity index (χ0v) is 17.1. The largest absolute Gasteiger partial charge is 0.383 e. The molecular weight excluding hydrogens is 386 g/mol. The van der Waals surface area contributed by atoms with Gasteiger partial charge in [0.15, 0.2) is 5.16 Å². The average Bonchev–Trinajstić information content (AvgIpc) is 2.68. The quantitative estimate of drug-likeness (QED) is 0.407. The zero-order chi connectivity index (χ0) is 20.8. The van der Waals surface area contributed by atoms with Crippen LogP contribution in [0.3, 0.4) is 0 Å². The highest BCUT2D eigenvalue weighted by atomic mass is 32.2. The number of anilines is 4. The van der Waals surface area contributed by atoms with Crippen molar-refractivity contribution in [2.24, 2.45) is 0 Å². The van der Waals surface area contributed by atoms with Gasteiger partial charge in [0.05, 0.1) is 5.75 Å². The first kappa shape index (κ1) is 20.5. The van der Waals surface area contributed by atoms with Crippen LogP contribution >= 0.6 is 11.8 Å². The molecule has 29 heavy (non-hydrogen) atoms. The van der Waals surface area contributed by atoms with Crippen LogP contribution in [0.4, 0.5) is 22.9 Å². The minimum atomic E-state index is -0.343. The summed E-state index contributed by atoms with van der Waals surface area (Å²) in [4.78, 5) is 32.4. The molecule has 0 saturated carbocycles. The first-order valence-corrected chi connectivity index (χ1v) is 10.1. The molecule has 0 radical (unpaired) electrons. The van der Waals surface area contributed by atoms with Crippen LogP contribution in [-0.2, 0) is 4.79 Å². The lowest BCUT2D eigenvalue weighted by Crippen LogP contribution is -2.25. The molecule has 8 heteroatoms. The highest BCUT2D eigenvalue weighted by Gasteiger charge is 2.13. The van der Waals surface area contributed by atoms with Gasteiger partial charge in [-0.3, -0.25) is 9.59 Å². The monoisotopic (exact) mass is 409 g/mol. The summed E-state index contributed by atoms with van der Waals surface area (Å²) >= 11 is 1.12. The molecule has 0 fully saturated rings. The molecule has 0 aliphatic carbocycles. The van der Waals surface area contributed by atoms with Crippen LogP contribution in [0.5, 0.6) is 0 Å². The molecule has 0 atom stereocenters. The van der Waals surface area contributed by atoms with E-state index in [0.717, 1.165) is 23.1 Å². The van der Waals surface area contributed by atoms with Gasteiger partial charge in [-0.15, -0.1) is 0 Å². The van der Waals surface area contributed by atoms with Crippen molar-refractivity contribution < 1.29 is 4.79 Å². The summed E-state index contributed by atoms with van der Waals surface area (Å²) in [6.07, 6.45) is 0. The van der Waals surface area contributed by atoms with Gasteiger partial charge in [-0.05, 0) is 50.2 Å². The first-order chi connectivity index (χ1) is 13.9. The number of carbonyl (C=O) groups is 1. The second kappa shape index (κ2) is 9.29. The van der Waals surface area contributed by atoms with E-state index in [1.165, 1.54) is 6.07 Å². The van der Waals surface area contributed by atoms with Crippen LogP contribution < -0.4 is 21.5 Å². The number of hydrogen-bond donors (Lipinski definition) is 3. The zero-order valence-electron chi connectivity index (χ0n) is 16.3. The molecule has 1 amide bonds. The molecule has 1 heterocycles. The van der Waals surface area contributed by atoms with Gasteiger partial charge in [-0.1, -0.05) is 30.0 Å². The van der Waals surface area contributed by atoms with Crippen molar-refractivity contribution in [2.75, 3.05) is 21.7 Å². The standard InChI is InChI=1S/C21H23N5O2S/c1-14(2)26(16-6-4-3-5-7-16)17-10-8-15(9-11-17)23-20(28)13-29-21-24-18(22)12-19(27)25-21/h3-12,14H,13H2,1-2H3,(H,23,28)(H3,22,24,25,27). The molecule has 0 bridgehead atoms. The summed E-state index contributed by atoms with van der Waals surface area (Å²) in [6.45, 7) is 4.27. The number of carbonyl (C=O) groups excluding carboxylic acids is 1. The summed E-state index contributed by atoms with van der Waals surface area (Å²) in [6, 6.07) is 19.3. The fourth-order valence-corrected chi connectivity index (χ4v) is 3.57. The number of nitrogens with one attached hydrogen (secondary N) is 2. The number of rotatable bonds is 7. The fraction of sp³-hybridized carbons (Fsp3) is 0.190. The third-order valence-corrected chi connectivity index (χ3v) is 4.93. The minimum Gasteiger partial charge on any atom is -0.383 e. The van der Waals surface area contributed by atoms with Gasteiger partial charge in [0, 0.05) is 29.2 Å². The molecule has 0 unspecified atom stereocenters. The fourth-order valence-electron chi connectivity index (χ4n) is 2.89. The molecule has 0 aliphatic heterocycles. The Hall–Kier alpha value is -3.26. The van der Waals surface area contributed by atoms with Gasteiger partial charge < -0.3 is 20.9 Å². The Morgan fingerprint density at radius 1 is 1.14 bits per heavy atom. The van der Waals surface area contributed by atoms with Gasteiger partial charge in [0.2, 0.25) is 5.91 Å². The van der Waals surface area contributed by atoms with E-state index in [9.17, 15) is 9.59 Å². The van der Waals surface area contributed by atoms with Crippen molar-refractivity contribution in [1.82, 2.24) is 9.97 Å². The van der Waals surface area contributed by atoms with Crippen LogP contribution in [0.25, 0.3) is 0 Å². The lowest BCUT2D eigenvalue weighted by Gasteiger charge is -2.29.